The predicted molar refractivity (Wildman–Crippen MR) is 92.2 cm³/mol. The molecule has 1 unspecified atom stereocenters. The lowest BCUT2D eigenvalue weighted by Gasteiger charge is -2.13. The molecule has 0 radical (unpaired) electrons. The summed E-state index contributed by atoms with van der Waals surface area (Å²) in [4.78, 5) is 20.4. The van der Waals surface area contributed by atoms with Crippen LogP contribution < -0.4 is 5.32 Å². The number of hydrogen-bond acceptors (Lipinski definition) is 3. The quantitative estimate of drug-likeness (QED) is 0.756. The van der Waals surface area contributed by atoms with Crippen LogP contribution in [0.4, 0.5) is 5.69 Å². The number of imidazole rings is 1. The van der Waals surface area contributed by atoms with Gasteiger partial charge < -0.3 is 9.88 Å². The minimum Gasteiger partial charge on any atom is -0.325 e. The molecule has 5 heteroatoms. The number of anilines is 1. The molecule has 1 aromatic carbocycles. The van der Waals surface area contributed by atoms with Gasteiger partial charge in [-0.1, -0.05) is 18.1 Å². The van der Waals surface area contributed by atoms with Crippen molar-refractivity contribution in [2.75, 3.05) is 5.32 Å². The number of aromatic nitrogens is 3. The summed E-state index contributed by atoms with van der Waals surface area (Å²) in [6, 6.07) is 12.7. The van der Waals surface area contributed by atoms with Crippen molar-refractivity contribution in [1.82, 2.24) is 14.5 Å². The van der Waals surface area contributed by atoms with Gasteiger partial charge in [0, 0.05) is 29.8 Å². The number of amides is 1. The summed E-state index contributed by atoms with van der Waals surface area (Å²) >= 11 is 0. The molecule has 2 aromatic heterocycles. The van der Waals surface area contributed by atoms with E-state index in [2.05, 4.69) is 27.1 Å². The Kier molecular flexibility index (Phi) is 4.68. The van der Waals surface area contributed by atoms with Gasteiger partial charge in [0.1, 0.15) is 11.7 Å². The first-order chi connectivity index (χ1) is 11.7. The third-order valence-electron chi connectivity index (χ3n) is 3.48. The number of hydrogen-bond donors (Lipinski definition) is 1. The number of carbonyl (C=O) groups is 1. The summed E-state index contributed by atoms with van der Waals surface area (Å²) in [6.07, 6.45) is 6.74. The number of nitrogens with zero attached hydrogens (tertiary/aromatic N) is 3. The highest BCUT2D eigenvalue weighted by molar-refractivity contribution is 5.93. The average Bonchev–Trinajstić information content (AvgIpc) is 3.15. The van der Waals surface area contributed by atoms with Crippen LogP contribution in [0.15, 0.2) is 67.4 Å². The smallest absolute Gasteiger partial charge is 0.247 e. The van der Waals surface area contributed by atoms with Gasteiger partial charge in [0.25, 0.3) is 0 Å². The van der Waals surface area contributed by atoms with E-state index in [0.717, 1.165) is 5.56 Å². The summed E-state index contributed by atoms with van der Waals surface area (Å²) < 4.78 is 1.75. The molecule has 1 amide bonds. The van der Waals surface area contributed by atoms with Crippen LogP contribution >= 0.6 is 0 Å². The largest absolute Gasteiger partial charge is 0.325 e. The fourth-order valence-electron chi connectivity index (χ4n) is 2.13. The van der Waals surface area contributed by atoms with Gasteiger partial charge in [-0.3, -0.25) is 4.79 Å². The van der Waals surface area contributed by atoms with Crippen molar-refractivity contribution >= 4 is 11.6 Å². The van der Waals surface area contributed by atoms with Crippen LogP contribution in [0.25, 0.3) is 0 Å². The lowest BCUT2D eigenvalue weighted by molar-refractivity contribution is -0.118. The molecule has 3 aromatic rings. The standard InChI is InChI=1S/C19H16N4O/c1-15(23-12-11-20-14-23)19(24)22-18-7-4-5-16(13-18)8-9-17-6-2-3-10-21-17/h2-7,10-15H,1H3,(H,22,24). The van der Waals surface area contributed by atoms with Crippen molar-refractivity contribution in [3.63, 3.8) is 0 Å². The summed E-state index contributed by atoms with van der Waals surface area (Å²) in [7, 11) is 0. The van der Waals surface area contributed by atoms with E-state index in [0.29, 0.717) is 11.4 Å². The molecule has 0 aliphatic carbocycles. The molecule has 0 spiro atoms. The van der Waals surface area contributed by atoms with Crippen LogP contribution in [-0.2, 0) is 4.79 Å². The second-order valence-corrected chi connectivity index (χ2v) is 5.22. The SMILES string of the molecule is CC(C(=O)Nc1cccc(C#Cc2ccccn2)c1)n1ccnc1. The highest BCUT2D eigenvalue weighted by atomic mass is 16.2. The van der Waals surface area contributed by atoms with Crippen molar-refractivity contribution in [3.8, 4) is 11.8 Å². The van der Waals surface area contributed by atoms with E-state index in [1.807, 2.05) is 49.4 Å². The third kappa shape index (κ3) is 3.87. The molecule has 0 fully saturated rings. The lowest BCUT2D eigenvalue weighted by Crippen LogP contribution is -2.22. The number of rotatable bonds is 3. The molecule has 24 heavy (non-hydrogen) atoms. The van der Waals surface area contributed by atoms with E-state index in [9.17, 15) is 4.79 Å². The van der Waals surface area contributed by atoms with E-state index < -0.39 is 0 Å². The van der Waals surface area contributed by atoms with Crippen molar-refractivity contribution in [2.24, 2.45) is 0 Å². The Hall–Kier alpha value is -3.39. The van der Waals surface area contributed by atoms with Gasteiger partial charge in [0.05, 0.1) is 6.33 Å². The number of carbonyl (C=O) groups excluding carboxylic acids is 1. The molecule has 2 heterocycles. The predicted octanol–water partition coefficient (Wildman–Crippen LogP) is 2.88. The van der Waals surface area contributed by atoms with Gasteiger partial charge in [-0.05, 0) is 43.2 Å². The van der Waals surface area contributed by atoms with Crippen molar-refractivity contribution in [1.29, 1.82) is 0 Å². The number of nitrogens with one attached hydrogen (secondary N) is 1. The van der Waals surface area contributed by atoms with E-state index in [-0.39, 0.29) is 11.9 Å². The summed E-state index contributed by atoms with van der Waals surface area (Å²) in [5.74, 6) is 5.94. The summed E-state index contributed by atoms with van der Waals surface area (Å²) in [6.45, 7) is 1.82. The lowest BCUT2D eigenvalue weighted by atomic mass is 10.2. The first kappa shape index (κ1) is 15.5. The molecule has 0 saturated heterocycles. The number of benzene rings is 1. The highest BCUT2D eigenvalue weighted by Crippen LogP contribution is 2.13. The van der Waals surface area contributed by atoms with Crippen LogP contribution in [0.2, 0.25) is 0 Å². The molecule has 0 saturated carbocycles. The maximum Gasteiger partial charge on any atom is 0.247 e. The van der Waals surface area contributed by atoms with Crippen LogP contribution in [0, 0.1) is 11.8 Å². The monoisotopic (exact) mass is 316 g/mol. The van der Waals surface area contributed by atoms with E-state index in [1.54, 1.807) is 29.5 Å². The zero-order chi connectivity index (χ0) is 16.8. The van der Waals surface area contributed by atoms with Crippen molar-refractivity contribution in [2.45, 2.75) is 13.0 Å². The second kappa shape index (κ2) is 7.25. The normalized spacial score (nSPS) is 11.2. The Morgan fingerprint density at radius 1 is 1.17 bits per heavy atom. The van der Waals surface area contributed by atoms with Crippen molar-refractivity contribution in [3.05, 3.63) is 78.6 Å². The highest BCUT2D eigenvalue weighted by Gasteiger charge is 2.14. The minimum atomic E-state index is -0.337. The van der Waals surface area contributed by atoms with Gasteiger partial charge >= 0.3 is 0 Å². The summed E-state index contributed by atoms with van der Waals surface area (Å²) in [5.41, 5.74) is 2.23. The molecule has 0 bridgehead atoms. The molecule has 0 aliphatic rings. The Morgan fingerprint density at radius 2 is 2.08 bits per heavy atom. The minimum absolute atomic E-state index is 0.108. The second-order valence-electron chi connectivity index (χ2n) is 5.22. The molecule has 1 atom stereocenters. The topological polar surface area (TPSA) is 59.8 Å². The molecule has 3 rings (SSSR count). The van der Waals surface area contributed by atoms with Gasteiger partial charge in [0.2, 0.25) is 5.91 Å². The average molecular weight is 316 g/mol. The van der Waals surface area contributed by atoms with Gasteiger partial charge in [-0.25, -0.2) is 9.97 Å². The fourth-order valence-corrected chi connectivity index (χ4v) is 2.13. The molecule has 118 valence electrons. The van der Waals surface area contributed by atoms with Crippen LogP contribution in [0.1, 0.15) is 24.2 Å². The van der Waals surface area contributed by atoms with Crippen LogP contribution in [0.5, 0.6) is 0 Å². The van der Waals surface area contributed by atoms with Crippen molar-refractivity contribution < 1.29 is 4.79 Å². The molecular formula is C19H16N4O. The van der Waals surface area contributed by atoms with Gasteiger partial charge in [0.15, 0.2) is 0 Å². The maximum absolute atomic E-state index is 12.3. The Labute approximate surface area is 140 Å². The van der Waals surface area contributed by atoms with Crippen LogP contribution in [-0.4, -0.2) is 20.4 Å². The van der Waals surface area contributed by atoms with Gasteiger partial charge in [-0.2, -0.15) is 0 Å². The first-order valence-corrected chi connectivity index (χ1v) is 7.54. The Bertz CT molecular complexity index is 876. The molecule has 5 nitrogen and oxygen atoms in total. The van der Waals surface area contributed by atoms with E-state index in [1.165, 1.54) is 0 Å². The van der Waals surface area contributed by atoms with E-state index >= 15 is 0 Å². The Morgan fingerprint density at radius 3 is 2.83 bits per heavy atom. The maximum atomic E-state index is 12.3. The zero-order valence-electron chi connectivity index (χ0n) is 13.2. The first-order valence-electron chi connectivity index (χ1n) is 7.54. The number of pyridine rings is 1. The van der Waals surface area contributed by atoms with Crippen LogP contribution in [0.3, 0.4) is 0 Å². The molecular weight excluding hydrogens is 300 g/mol. The summed E-state index contributed by atoms with van der Waals surface area (Å²) in [5, 5.41) is 2.90. The van der Waals surface area contributed by atoms with Gasteiger partial charge in [-0.15, -0.1) is 0 Å². The third-order valence-corrected chi connectivity index (χ3v) is 3.48. The Balaban J connectivity index is 1.72. The van der Waals surface area contributed by atoms with E-state index in [4.69, 9.17) is 0 Å². The molecule has 1 N–H and O–H groups in total. The fraction of sp³-hybridized carbons (Fsp3) is 0.105. The zero-order valence-corrected chi connectivity index (χ0v) is 13.2. The molecule has 0 aliphatic heterocycles.